The lowest BCUT2D eigenvalue weighted by atomic mass is 10.1. The standard InChI is InChI=1S/C18H14Cl2N4O2/c19-14-6-7-16(15(20)8-14)26-11-17(25)23-21-9-13-10-22-24-18(13)12-4-2-1-3-5-12/h1-10H,11H2,(H,22,24)(H,23,25). The number of amides is 1. The van der Waals surface area contributed by atoms with Crippen LogP contribution in [0.15, 0.2) is 59.8 Å². The Labute approximate surface area is 159 Å². The van der Waals surface area contributed by atoms with Crippen molar-refractivity contribution in [2.24, 2.45) is 5.10 Å². The fraction of sp³-hybridized carbons (Fsp3) is 0.0556. The Bertz CT molecular complexity index is 926. The van der Waals surface area contributed by atoms with Crippen LogP contribution in [0.5, 0.6) is 5.75 Å². The van der Waals surface area contributed by atoms with Crippen LogP contribution in [-0.4, -0.2) is 28.9 Å². The number of halogens is 2. The highest BCUT2D eigenvalue weighted by Gasteiger charge is 2.07. The van der Waals surface area contributed by atoms with Gasteiger partial charge in [-0.25, -0.2) is 5.43 Å². The molecule has 8 heteroatoms. The maximum Gasteiger partial charge on any atom is 0.277 e. The molecule has 0 atom stereocenters. The molecule has 0 unspecified atom stereocenters. The van der Waals surface area contributed by atoms with E-state index < -0.39 is 5.91 Å². The molecule has 0 bridgehead atoms. The number of hydrogen-bond donors (Lipinski definition) is 2. The van der Waals surface area contributed by atoms with Crippen molar-refractivity contribution in [2.75, 3.05) is 6.61 Å². The molecule has 2 aromatic carbocycles. The predicted molar refractivity (Wildman–Crippen MR) is 102 cm³/mol. The van der Waals surface area contributed by atoms with Gasteiger partial charge < -0.3 is 4.74 Å². The van der Waals surface area contributed by atoms with Crippen molar-refractivity contribution in [3.05, 3.63) is 70.3 Å². The summed E-state index contributed by atoms with van der Waals surface area (Å²) in [6.07, 6.45) is 3.14. The van der Waals surface area contributed by atoms with Crippen molar-refractivity contribution < 1.29 is 9.53 Å². The van der Waals surface area contributed by atoms with Crippen LogP contribution in [0.2, 0.25) is 10.0 Å². The number of benzene rings is 2. The number of rotatable bonds is 6. The van der Waals surface area contributed by atoms with Gasteiger partial charge in [-0.3, -0.25) is 9.89 Å². The average molecular weight is 389 g/mol. The van der Waals surface area contributed by atoms with Gasteiger partial charge >= 0.3 is 0 Å². The zero-order chi connectivity index (χ0) is 18.4. The van der Waals surface area contributed by atoms with Crippen LogP contribution in [0.3, 0.4) is 0 Å². The second-order valence-corrected chi connectivity index (χ2v) is 6.07. The second-order valence-electron chi connectivity index (χ2n) is 5.22. The SMILES string of the molecule is O=C(COc1ccc(Cl)cc1Cl)NN=Cc1cn[nH]c1-c1ccccc1. The van der Waals surface area contributed by atoms with Crippen LogP contribution in [0.25, 0.3) is 11.3 Å². The van der Waals surface area contributed by atoms with Crippen molar-refractivity contribution in [3.8, 4) is 17.0 Å². The Hall–Kier alpha value is -2.83. The minimum absolute atomic E-state index is 0.227. The van der Waals surface area contributed by atoms with Gasteiger partial charge in [-0.1, -0.05) is 53.5 Å². The van der Waals surface area contributed by atoms with Crippen LogP contribution >= 0.6 is 23.2 Å². The van der Waals surface area contributed by atoms with Crippen LogP contribution in [-0.2, 0) is 4.79 Å². The lowest BCUT2D eigenvalue weighted by Crippen LogP contribution is -2.24. The van der Waals surface area contributed by atoms with Crippen LogP contribution in [0, 0.1) is 0 Å². The highest BCUT2D eigenvalue weighted by atomic mass is 35.5. The third kappa shape index (κ3) is 4.62. The van der Waals surface area contributed by atoms with Gasteiger partial charge in [0.05, 0.1) is 23.1 Å². The molecule has 0 aliphatic rings. The summed E-state index contributed by atoms with van der Waals surface area (Å²) in [6, 6.07) is 14.5. The third-order valence-corrected chi connectivity index (χ3v) is 3.91. The molecule has 0 fully saturated rings. The summed E-state index contributed by atoms with van der Waals surface area (Å²) < 4.78 is 5.34. The summed E-state index contributed by atoms with van der Waals surface area (Å²) >= 11 is 11.8. The van der Waals surface area contributed by atoms with Crippen LogP contribution < -0.4 is 10.2 Å². The summed E-state index contributed by atoms with van der Waals surface area (Å²) in [6.45, 7) is -0.227. The molecule has 0 radical (unpaired) electrons. The van der Waals surface area contributed by atoms with Gasteiger partial charge in [-0.05, 0) is 18.2 Å². The Balaban J connectivity index is 1.56. The Kier molecular flexibility index (Phi) is 5.88. The van der Waals surface area contributed by atoms with Gasteiger partial charge in [-0.2, -0.15) is 10.2 Å². The summed E-state index contributed by atoms with van der Waals surface area (Å²) in [7, 11) is 0. The maximum absolute atomic E-state index is 11.8. The van der Waals surface area contributed by atoms with Crippen molar-refractivity contribution in [2.45, 2.75) is 0 Å². The van der Waals surface area contributed by atoms with Crippen LogP contribution in [0.4, 0.5) is 0 Å². The lowest BCUT2D eigenvalue weighted by Gasteiger charge is -2.07. The average Bonchev–Trinajstić information content (AvgIpc) is 3.10. The van der Waals surface area contributed by atoms with E-state index in [1.165, 1.54) is 6.21 Å². The fourth-order valence-corrected chi connectivity index (χ4v) is 2.63. The normalized spacial score (nSPS) is 10.8. The number of carbonyl (C=O) groups excluding carboxylic acids is 1. The number of nitrogens with one attached hydrogen (secondary N) is 2. The minimum Gasteiger partial charge on any atom is -0.482 e. The first-order chi connectivity index (χ1) is 12.6. The first kappa shape index (κ1) is 18.0. The minimum atomic E-state index is -0.419. The fourth-order valence-electron chi connectivity index (χ4n) is 2.17. The van der Waals surface area contributed by atoms with Gasteiger partial charge in [-0.15, -0.1) is 0 Å². The van der Waals surface area contributed by atoms with E-state index in [4.69, 9.17) is 27.9 Å². The summed E-state index contributed by atoms with van der Waals surface area (Å²) in [5, 5.41) is 11.7. The number of nitrogens with zero attached hydrogens (tertiary/aromatic N) is 2. The molecule has 0 spiro atoms. The van der Waals surface area contributed by atoms with E-state index in [-0.39, 0.29) is 6.61 Å². The Morgan fingerprint density at radius 2 is 2.04 bits per heavy atom. The number of aromatic nitrogens is 2. The number of carbonyl (C=O) groups is 1. The molecule has 0 aliphatic heterocycles. The van der Waals surface area contributed by atoms with E-state index in [9.17, 15) is 4.79 Å². The van der Waals surface area contributed by atoms with Crippen molar-refractivity contribution >= 4 is 35.3 Å². The maximum atomic E-state index is 11.8. The van der Waals surface area contributed by atoms with Crippen molar-refractivity contribution in [1.82, 2.24) is 15.6 Å². The van der Waals surface area contributed by atoms with Gasteiger partial charge in [0.25, 0.3) is 5.91 Å². The molecule has 0 saturated carbocycles. The molecule has 3 rings (SSSR count). The Morgan fingerprint density at radius 1 is 1.23 bits per heavy atom. The highest BCUT2D eigenvalue weighted by molar-refractivity contribution is 6.35. The molecular formula is C18H14Cl2N4O2. The second kappa shape index (κ2) is 8.51. The third-order valence-electron chi connectivity index (χ3n) is 3.38. The van der Waals surface area contributed by atoms with E-state index in [0.29, 0.717) is 15.8 Å². The summed E-state index contributed by atoms with van der Waals surface area (Å²) in [5.74, 6) is -0.0478. The molecule has 1 amide bonds. The molecule has 3 aromatic rings. The van der Waals surface area contributed by atoms with E-state index in [2.05, 4.69) is 20.7 Å². The van der Waals surface area contributed by atoms with Gasteiger partial charge in [0.1, 0.15) is 5.75 Å². The number of H-pyrrole nitrogens is 1. The molecule has 1 aromatic heterocycles. The smallest absolute Gasteiger partial charge is 0.277 e. The molecular weight excluding hydrogens is 375 g/mol. The quantitative estimate of drug-likeness (QED) is 0.496. The summed E-state index contributed by atoms with van der Waals surface area (Å²) in [5.41, 5.74) is 4.93. The molecule has 132 valence electrons. The first-order valence-electron chi connectivity index (χ1n) is 7.62. The summed E-state index contributed by atoms with van der Waals surface area (Å²) in [4.78, 5) is 11.8. The van der Waals surface area contributed by atoms with Gasteiger partial charge in [0, 0.05) is 16.1 Å². The molecule has 26 heavy (non-hydrogen) atoms. The van der Waals surface area contributed by atoms with E-state index >= 15 is 0 Å². The highest BCUT2D eigenvalue weighted by Crippen LogP contribution is 2.27. The lowest BCUT2D eigenvalue weighted by molar-refractivity contribution is -0.123. The van der Waals surface area contributed by atoms with E-state index in [1.807, 2.05) is 30.3 Å². The van der Waals surface area contributed by atoms with Crippen molar-refractivity contribution in [3.63, 3.8) is 0 Å². The zero-order valence-corrected chi connectivity index (χ0v) is 15.0. The molecule has 6 nitrogen and oxygen atoms in total. The topological polar surface area (TPSA) is 79.4 Å². The van der Waals surface area contributed by atoms with Gasteiger partial charge in [0.2, 0.25) is 0 Å². The molecule has 0 saturated heterocycles. The van der Waals surface area contributed by atoms with Crippen LogP contribution in [0.1, 0.15) is 5.56 Å². The first-order valence-corrected chi connectivity index (χ1v) is 8.37. The molecule has 1 heterocycles. The zero-order valence-electron chi connectivity index (χ0n) is 13.4. The number of hydrogen-bond acceptors (Lipinski definition) is 4. The Morgan fingerprint density at radius 3 is 2.81 bits per heavy atom. The molecule has 2 N–H and O–H groups in total. The van der Waals surface area contributed by atoms with E-state index in [0.717, 1.165) is 16.8 Å². The largest absolute Gasteiger partial charge is 0.482 e. The predicted octanol–water partition coefficient (Wildman–Crippen LogP) is 3.91. The molecule has 0 aliphatic carbocycles. The van der Waals surface area contributed by atoms with E-state index in [1.54, 1.807) is 24.4 Å². The van der Waals surface area contributed by atoms with Gasteiger partial charge in [0.15, 0.2) is 6.61 Å². The number of ether oxygens (including phenoxy) is 1. The van der Waals surface area contributed by atoms with Crippen molar-refractivity contribution in [1.29, 1.82) is 0 Å². The number of hydrazone groups is 1. The number of aromatic amines is 1. The monoisotopic (exact) mass is 388 g/mol.